The van der Waals surface area contributed by atoms with Crippen molar-refractivity contribution in [1.82, 2.24) is 0 Å². The third-order valence-electron chi connectivity index (χ3n) is 7.02. The van der Waals surface area contributed by atoms with Crippen molar-refractivity contribution in [3.8, 4) is 22.6 Å². The Kier molecular flexibility index (Phi) is 6.81. The summed E-state index contributed by atoms with van der Waals surface area (Å²) in [6, 6.07) is 10.6. The highest BCUT2D eigenvalue weighted by Gasteiger charge is 2.33. The predicted octanol–water partition coefficient (Wildman–Crippen LogP) is 6.97. The van der Waals surface area contributed by atoms with Crippen LogP contribution < -0.4 is 14.8 Å². The van der Waals surface area contributed by atoms with Gasteiger partial charge in [0.15, 0.2) is 0 Å². The molecule has 4 rings (SSSR count). The number of hydrogen-bond donors (Lipinski definition) is 0. The van der Waals surface area contributed by atoms with Gasteiger partial charge in [-0.05, 0) is 48.6 Å². The Hall–Kier alpha value is -1.53. The summed E-state index contributed by atoms with van der Waals surface area (Å²) in [5.41, 5.74) is 5.32. The van der Waals surface area contributed by atoms with E-state index < -0.39 is 0 Å². The number of methoxy groups -OCH3 is 2. The van der Waals surface area contributed by atoms with Crippen molar-refractivity contribution in [3.63, 3.8) is 0 Å². The van der Waals surface area contributed by atoms with Gasteiger partial charge < -0.3 is 9.47 Å². The largest absolute Gasteiger partial charge is 0.496 e. The minimum atomic E-state index is 0.600. The highest BCUT2D eigenvalue weighted by Crippen LogP contribution is 2.51. The fraction of sp³-hybridized carbons (Fsp3) is 0.538. The van der Waals surface area contributed by atoms with Crippen LogP contribution in [0.2, 0.25) is 0 Å². The first-order valence-corrected chi connectivity index (χ1v) is 12.0. The van der Waals surface area contributed by atoms with E-state index in [1.165, 1.54) is 86.2 Å². The highest BCUT2D eigenvalue weighted by atomic mass is 31.0. The third kappa shape index (κ3) is 4.06. The van der Waals surface area contributed by atoms with E-state index in [9.17, 15) is 0 Å². The van der Waals surface area contributed by atoms with Crippen molar-refractivity contribution < 1.29 is 9.47 Å². The van der Waals surface area contributed by atoms with Gasteiger partial charge in [-0.25, -0.2) is 0 Å². The van der Waals surface area contributed by atoms with Gasteiger partial charge in [-0.1, -0.05) is 68.9 Å². The number of benzene rings is 2. The smallest absolute Gasteiger partial charge is 0.137 e. The molecule has 0 N–H and O–H groups in total. The van der Waals surface area contributed by atoms with Crippen LogP contribution in [0, 0.1) is 0 Å². The van der Waals surface area contributed by atoms with Crippen LogP contribution >= 0.6 is 9.24 Å². The van der Waals surface area contributed by atoms with Gasteiger partial charge in [0.2, 0.25) is 0 Å². The van der Waals surface area contributed by atoms with E-state index in [0.717, 1.165) is 17.1 Å². The lowest BCUT2D eigenvalue weighted by molar-refractivity contribution is 0.371. The first-order valence-electron chi connectivity index (χ1n) is 11.4. The third-order valence-corrected chi connectivity index (χ3v) is 7.59. The van der Waals surface area contributed by atoms with Crippen LogP contribution in [-0.4, -0.2) is 14.2 Å². The molecule has 0 heterocycles. The van der Waals surface area contributed by atoms with Crippen LogP contribution in [0.4, 0.5) is 0 Å². The lowest BCUT2D eigenvalue weighted by Crippen LogP contribution is -2.21. The molecule has 0 bridgehead atoms. The summed E-state index contributed by atoms with van der Waals surface area (Å²) in [4.78, 5) is 0. The van der Waals surface area contributed by atoms with Gasteiger partial charge in [0, 0.05) is 10.9 Å². The zero-order valence-electron chi connectivity index (χ0n) is 18.0. The van der Waals surface area contributed by atoms with E-state index in [1.54, 1.807) is 7.11 Å². The fourth-order valence-corrected chi connectivity index (χ4v) is 6.33. The lowest BCUT2D eigenvalue weighted by Gasteiger charge is -2.34. The molecule has 2 aromatic carbocycles. The molecule has 2 aromatic rings. The summed E-state index contributed by atoms with van der Waals surface area (Å²) in [6.45, 7) is 0. The van der Waals surface area contributed by atoms with Gasteiger partial charge in [0.1, 0.15) is 11.5 Å². The average molecular weight is 411 g/mol. The van der Waals surface area contributed by atoms with Crippen molar-refractivity contribution >= 4 is 14.5 Å². The Morgan fingerprint density at radius 3 is 1.72 bits per heavy atom. The van der Waals surface area contributed by atoms with Crippen molar-refractivity contribution in [2.45, 2.75) is 76.0 Å². The summed E-state index contributed by atoms with van der Waals surface area (Å²) >= 11 is 0. The summed E-state index contributed by atoms with van der Waals surface area (Å²) < 4.78 is 12.3. The molecule has 0 saturated heterocycles. The summed E-state index contributed by atoms with van der Waals surface area (Å²) in [6.07, 6.45) is 13.2. The molecule has 0 aromatic heterocycles. The standard InChI is InChI=1S/C26H35O2P/c1-27-24-21(18-12-6-3-7-13-18)22(19-14-8-4-9-15-19)26(29)25(28-2)23(24)20-16-10-5-11-17-20/h5,10-11,16-19H,3-4,6-9,12-15,29H2,1-2H3. The second kappa shape index (κ2) is 9.52. The van der Waals surface area contributed by atoms with Gasteiger partial charge >= 0.3 is 0 Å². The molecule has 2 fully saturated rings. The fourth-order valence-electron chi connectivity index (χ4n) is 5.68. The molecule has 2 aliphatic carbocycles. The molecule has 29 heavy (non-hydrogen) atoms. The van der Waals surface area contributed by atoms with E-state index in [-0.39, 0.29) is 0 Å². The summed E-state index contributed by atoms with van der Waals surface area (Å²) in [7, 11) is 6.72. The maximum Gasteiger partial charge on any atom is 0.137 e. The molecule has 0 spiro atoms. The molecule has 0 amide bonds. The van der Waals surface area contributed by atoms with Crippen LogP contribution in [-0.2, 0) is 0 Å². The van der Waals surface area contributed by atoms with Crippen LogP contribution in [0.5, 0.6) is 11.5 Å². The quantitative estimate of drug-likeness (QED) is 0.496. The zero-order valence-corrected chi connectivity index (χ0v) is 19.2. The molecule has 0 radical (unpaired) electrons. The van der Waals surface area contributed by atoms with Gasteiger partial charge in [-0.3, -0.25) is 0 Å². The van der Waals surface area contributed by atoms with E-state index >= 15 is 0 Å². The lowest BCUT2D eigenvalue weighted by atomic mass is 9.74. The number of hydrogen-bond acceptors (Lipinski definition) is 2. The van der Waals surface area contributed by atoms with E-state index in [4.69, 9.17) is 9.47 Å². The minimum Gasteiger partial charge on any atom is -0.496 e. The number of rotatable bonds is 5. The Balaban J connectivity index is 1.99. The molecule has 2 aliphatic rings. The zero-order chi connectivity index (χ0) is 20.2. The second-order valence-electron chi connectivity index (χ2n) is 8.72. The molecular weight excluding hydrogens is 375 g/mol. The van der Waals surface area contributed by atoms with Crippen molar-refractivity contribution in [1.29, 1.82) is 0 Å². The topological polar surface area (TPSA) is 18.5 Å². The predicted molar refractivity (Wildman–Crippen MR) is 126 cm³/mol. The maximum atomic E-state index is 6.22. The summed E-state index contributed by atoms with van der Waals surface area (Å²) in [5, 5.41) is 1.26. The van der Waals surface area contributed by atoms with E-state index in [0.29, 0.717) is 11.8 Å². The normalized spacial score (nSPS) is 18.6. The van der Waals surface area contributed by atoms with Gasteiger partial charge in [0.05, 0.1) is 19.8 Å². The average Bonchev–Trinajstić information content (AvgIpc) is 2.80. The molecule has 3 heteroatoms. The molecule has 2 nitrogen and oxygen atoms in total. The second-order valence-corrected chi connectivity index (χ2v) is 9.30. The molecule has 1 atom stereocenters. The first kappa shape index (κ1) is 20.7. The molecule has 1 unspecified atom stereocenters. The van der Waals surface area contributed by atoms with Crippen molar-refractivity contribution in [2.24, 2.45) is 0 Å². The SMILES string of the molecule is COc1c(P)c(C2CCCCC2)c(C2CCCCC2)c(OC)c1-c1ccccc1. The molecule has 156 valence electrons. The van der Waals surface area contributed by atoms with Gasteiger partial charge in [0.25, 0.3) is 0 Å². The van der Waals surface area contributed by atoms with E-state index in [1.807, 2.05) is 7.11 Å². The highest BCUT2D eigenvalue weighted by molar-refractivity contribution is 7.28. The van der Waals surface area contributed by atoms with Gasteiger partial charge in [-0.2, -0.15) is 0 Å². The Labute approximate surface area is 178 Å². The van der Waals surface area contributed by atoms with Crippen LogP contribution in [0.25, 0.3) is 11.1 Å². The molecule has 2 saturated carbocycles. The maximum absolute atomic E-state index is 6.22. The van der Waals surface area contributed by atoms with Crippen molar-refractivity contribution in [3.05, 3.63) is 41.5 Å². The Bertz CT molecular complexity index is 819. The number of ether oxygens (including phenoxy) is 2. The van der Waals surface area contributed by atoms with Crippen LogP contribution in [0.3, 0.4) is 0 Å². The molecular formula is C26H35O2P. The van der Waals surface area contributed by atoms with E-state index in [2.05, 4.69) is 39.6 Å². The molecule has 0 aliphatic heterocycles. The Morgan fingerprint density at radius 1 is 0.690 bits per heavy atom. The summed E-state index contributed by atoms with van der Waals surface area (Å²) in [5.74, 6) is 3.26. The Morgan fingerprint density at radius 2 is 1.21 bits per heavy atom. The monoisotopic (exact) mass is 410 g/mol. The van der Waals surface area contributed by atoms with Gasteiger partial charge in [-0.15, -0.1) is 9.24 Å². The van der Waals surface area contributed by atoms with Crippen LogP contribution in [0.1, 0.15) is 87.2 Å². The first-order chi connectivity index (χ1) is 14.3. The van der Waals surface area contributed by atoms with Crippen LogP contribution in [0.15, 0.2) is 30.3 Å². The minimum absolute atomic E-state index is 0.600. The van der Waals surface area contributed by atoms with Crippen molar-refractivity contribution in [2.75, 3.05) is 14.2 Å².